The van der Waals surface area contributed by atoms with E-state index in [-0.39, 0.29) is 36.2 Å². The summed E-state index contributed by atoms with van der Waals surface area (Å²) in [4.78, 5) is 59.3. The number of hydrogen-bond acceptors (Lipinski definition) is 25. The van der Waals surface area contributed by atoms with E-state index in [1.807, 2.05) is 11.8 Å². The second kappa shape index (κ2) is 46.1. The summed E-state index contributed by atoms with van der Waals surface area (Å²) in [5.41, 5.74) is 2.77. The topological polar surface area (TPSA) is 388 Å². The van der Waals surface area contributed by atoms with Crippen LogP contribution in [-0.2, 0) is 94.7 Å². The molecule has 6 rings (SSSR count). The van der Waals surface area contributed by atoms with Gasteiger partial charge in [0.05, 0.1) is 195 Å². The Bertz CT molecular complexity index is 2590. The Morgan fingerprint density at radius 3 is 1.77 bits per heavy atom. The molecule has 3 fully saturated rings. The standard InChI is InChI=1S/C62H96N8O22S2/c71-42-55(76)66-57-50(72)39-62(60(78)79,94-43-46-6-2-1-3-7-46)92-59(57)58(77)51(73)40-64-54(75)38-45-10-12-47(13-11-45)48-41-70(69-68-48)15-17-82-19-21-84-23-25-86-27-29-88-31-33-90-35-37-91-36-34-89-32-30-87-28-26-85-24-22-83-20-18-81-16-14-63-53(74)9-5-4-8-52-56-49(44-93-52)65-61(80)67-56/h1-3,6-7,10-13,41,49-52,56-59,71-73,77H,4-5,8-9,14-40,42-44H2,(H,63,74)(H,64,75)(H,66,76)(H,78,79)(H2,65,67,80)/t49-,50-,51+,52-,56-,57+,58+,59+,62-/m0/s1. The van der Waals surface area contributed by atoms with E-state index in [1.54, 1.807) is 65.5 Å². The van der Waals surface area contributed by atoms with Gasteiger partial charge in [0.25, 0.3) is 0 Å². The molecule has 2 aromatic carbocycles. The van der Waals surface area contributed by atoms with Gasteiger partial charge < -0.3 is 109 Å². The van der Waals surface area contributed by atoms with E-state index in [0.717, 1.165) is 47.9 Å². The van der Waals surface area contributed by atoms with Crippen molar-refractivity contribution in [2.24, 2.45) is 0 Å². The zero-order valence-corrected chi connectivity index (χ0v) is 54.9. The van der Waals surface area contributed by atoms with E-state index >= 15 is 0 Å². The lowest BCUT2D eigenvalue weighted by molar-refractivity contribution is -0.203. The number of nitrogens with zero attached hydrogens (tertiary/aromatic N) is 3. The number of ether oxygens (including phenoxy) is 12. The van der Waals surface area contributed by atoms with Gasteiger partial charge in [-0.1, -0.05) is 66.2 Å². The van der Waals surface area contributed by atoms with E-state index in [1.165, 1.54) is 0 Å². The van der Waals surface area contributed by atoms with Crippen LogP contribution in [0.2, 0.25) is 0 Å². The third-order valence-corrected chi connectivity index (χ3v) is 17.8. The van der Waals surface area contributed by atoms with Gasteiger partial charge in [-0.25, -0.2) is 14.3 Å². The van der Waals surface area contributed by atoms with Gasteiger partial charge in [0.15, 0.2) is 0 Å². The van der Waals surface area contributed by atoms with Crippen molar-refractivity contribution in [3.05, 3.63) is 71.9 Å². The number of fused-ring (bicyclic) bond motifs is 1. The number of thioether (sulfide) groups is 2. The van der Waals surface area contributed by atoms with Crippen molar-refractivity contribution in [3.8, 4) is 11.3 Å². The molecule has 3 aromatic rings. The molecule has 4 heterocycles. The van der Waals surface area contributed by atoms with Crippen molar-refractivity contribution in [3.63, 3.8) is 0 Å². The number of aliphatic hydroxyl groups is 4. The quantitative estimate of drug-likeness (QED) is 0.0256. The zero-order chi connectivity index (χ0) is 66.9. The zero-order valence-electron chi connectivity index (χ0n) is 53.3. The third kappa shape index (κ3) is 30.1. The van der Waals surface area contributed by atoms with E-state index < -0.39 is 72.7 Å². The monoisotopic (exact) mass is 1370 g/mol. The van der Waals surface area contributed by atoms with Crippen molar-refractivity contribution >= 4 is 53.2 Å². The van der Waals surface area contributed by atoms with E-state index in [0.29, 0.717) is 181 Å². The SMILES string of the molecule is O=C(CCCC[C@@H]1SC[C@@H]2NC(=O)N[C@@H]21)NCCOCCOCCOCCOCCOCCOCCOCCOCCOCCOCCOCCn1cc(-c2ccc(CC(=O)NC[C@@H](O)[C@@H](O)[C@@H]3O[C@@](SCc4ccccc4)(C(=O)O)C[C@H](O)[C@H]3NC(=O)CO)cc2)nn1. The molecule has 0 radical (unpaired) electrons. The molecule has 30 nitrogen and oxygen atoms in total. The van der Waals surface area contributed by atoms with Crippen molar-refractivity contribution in [1.82, 2.24) is 41.6 Å². The number of urea groups is 1. The molecule has 0 aliphatic carbocycles. The molecule has 0 saturated carbocycles. The average Bonchev–Trinajstić information content (AvgIpc) is 1.09. The molecular formula is C62H96N8O22S2. The lowest BCUT2D eigenvalue weighted by atomic mass is 9.89. The predicted octanol–water partition coefficient (Wildman–Crippen LogP) is -0.309. The minimum absolute atomic E-state index is 0.0275. The van der Waals surface area contributed by atoms with Crippen LogP contribution in [0.1, 0.15) is 43.2 Å². The molecule has 5 amide bonds. The molecule has 528 valence electrons. The minimum atomic E-state index is -2.08. The molecule has 0 unspecified atom stereocenters. The van der Waals surface area contributed by atoms with Crippen LogP contribution in [0, 0.1) is 0 Å². The highest BCUT2D eigenvalue weighted by atomic mass is 32.2. The number of aliphatic hydroxyl groups excluding tert-OH is 4. The van der Waals surface area contributed by atoms with Crippen LogP contribution in [0.5, 0.6) is 0 Å². The third-order valence-electron chi connectivity index (χ3n) is 14.9. The van der Waals surface area contributed by atoms with Gasteiger partial charge in [-0.15, -0.1) is 16.9 Å². The summed E-state index contributed by atoms with van der Waals surface area (Å²) >= 11 is 2.75. The van der Waals surface area contributed by atoms with E-state index in [2.05, 4.69) is 36.9 Å². The number of carboxylic acid groups (broad SMARTS) is 1. The van der Waals surface area contributed by atoms with Gasteiger partial charge in [-0.2, -0.15) is 11.8 Å². The number of aromatic nitrogens is 3. The molecule has 0 spiro atoms. The van der Waals surface area contributed by atoms with E-state index in [9.17, 15) is 49.5 Å². The highest BCUT2D eigenvalue weighted by molar-refractivity contribution is 8.00. The number of benzene rings is 2. The molecule has 3 aliphatic heterocycles. The van der Waals surface area contributed by atoms with Crippen LogP contribution < -0.4 is 26.6 Å². The van der Waals surface area contributed by atoms with Gasteiger partial charge in [0.1, 0.15) is 24.5 Å². The largest absolute Gasteiger partial charge is 0.478 e. The molecule has 3 saturated heterocycles. The molecule has 94 heavy (non-hydrogen) atoms. The maximum absolute atomic E-state index is 13.0. The number of amides is 5. The first-order chi connectivity index (χ1) is 45.8. The summed E-state index contributed by atoms with van der Waals surface area (Å²) < 4.78 is 68.7. The summed E-state index contributed by atoms with van der Waals surface area (Å²) in [5.74, 6) is -1.72. The second-order valence-corrected chi connectivity index (χ2v) is 24.5. The fraction of sp³-hybridized carbons (Fsp3) is 0.694. The minimum Gasteiger partial charge on any atom is -0.478 e. The van der Waals surface area contributed by atoms with Crippen molar-refractivity contribution in [1.29, 1.82) is 0 Å². The number of carbonyl (C=O) groups excluding carboxylic acids is 4. The van der Waals surface area contributed by atoms with Gasteiger partial charge in [0, 0.05) is 48.3 Å². The number of unbranched alkanes of at least 4 members (excludes halogenated alkanes) is 1. The van der Waals surface area contributed by atoms with Crippen LogP contribution in [0.15, 0.2) is 60.8 Å². The molecule has 10 N–H and O–H groups in total. The highest BCUT2D eigenvalue weighted by Gasteiger charge is 2.55. The van der Waals surface area contributed by atoms with E-state index in [4.69, 9.17) is 56.8 Å². The van der Waals surface area contributed by atoms with Gasteiger partial charge in [-0.3, -0.25) is 14.4 Å². The Morgan fingerprint density at radius 2 is 1.22 bits per heavy atom. The molecule has 32 heteroatoms. The lowest BCUT2D eigenvalue weighted by Gasteiger charge is -2.46. The number of carboxylic acids is 1. The smallest absolute Gasteiger partial charge is 0.346 e. The summed E-state index contributed by atoms with van der Waals surface area (Å²) in [7, 11) is 0. The van der Waals surface area contributed by atoms with Crippen molar-refractivity contribution < 1.29 is 106 Å². The average molecular weight is 1370 g/mol. The number of hydrogen-bond donors (Lipinski definition) is 10. The van der Waals surface area contributed by atoms with Crippen LogP contribution in [0.3, 0.4) is 0 Å². The first kappa shape index (κ1) is 77.8. The van der Waals surface area contributed by atoms with Gasteiger partial charge >= 0.3 is 12.0 Å². The fourth-order valence-corrected chi connectivity index (χ4v) is 12.7. The Balaban J connectivity index is 0.649. The Kier molecular flexibility index (Phi) is 38.1. The number of carbonyl (C=O) groups is 5. The van der Waals surface area contributed by atoms with Crippen molar-refractivity contribution in [2.45, 2.75) is 104 Å². The number of aliphatic carboxylic acids is 1. The summed E-state index contributed by atoms with van der Waals surface area (Å²) in [6.45, 7) is 9.05. The Morgan fingerprint density at radius 1 is 0.681 bits per heavy atom. The molecule has 3 aliphatic rings. The maximum atomic E-state index is 13.0. The van der Waals surface area contributed by atoms with Gasteiger partial charge in [0.2, 0.25) is 22.7 Å². The molecular weight excluding hydrogens is 1270 g/mol. The summed E-state index contributed by atoms with van der Waals surface area (Å²) in [5, 5.41) is 75.6. The lowest BCUT2D eigenvalue weighted by Crippen LogP contribution is -2.67. The molecule has 1 aromatic heterocycles. The van der Waals surface area contributed by atoms with Crippen LogP contribution in [0.25, 0.3) is 11.3 Å². The van der Waals surface area contributed by atoms with Gasteiger partial charge in [-0.05, 0) is 24.0 Å². The Hall–Kier alpha value is -5.21. The normalized spacial score (nSPS) is 20.7. The van der Waals surface area contributed by atoms with Crippen LogP contribution >= 0.6 is 23.5 Å². The summed E-state index contributed by atoms with van der Waals surface area (Å²) in [6.07, 6.45) is -2.35. The number of nitrogens with one attached hydrogen (secondary N) is 5. The fourth-order valence-electron chi connectivity index (χ4n) is 9.94. The first-order valence-electron chi connectivity index (χ1n) is 31.9. The van der Waals surface area contributed by atoms with Crippen molar-refractivity contribution in [2.75, 3.05) is 171 Å². The predicted molar refractivity (Wildman–Crippen MR) is 343 cm³/mol. The molecule has 9 atom stereocenters. The number of rotatable bonds is 54. The van der Waals surface area contributed by atoms with Crippen LogP contribution in [-0.4, -0.2) is 294 Å². The first-order valence-corrected chi connectivity index (χ1v) is 34.0. The van der Waals surface area contributed by atoms with Crippen LogP contribution in [0.4, 0.5) is 4.79 Å². The highest BCUT2D eigenvalue weighted by Crippen LogP contribution is 2.42. The second-order valence-electron chi connectivity index (χ2n) is 22.0. The molecule has 0 bridgehead atoms. The Labute approximate surface area is 556 Å². The summed E-state index contributed by atoms with van der Waals surface area (Å²) in [6, 6.07) is 14.9. The maximum Gasteiger partial charge on any atom is 0.346 e.